The van der Waals surface area contributed by atoms with Gasteiger partial charge in [0.25, 0.3) is 5.91 Å². The molecule has 1 amide bonds. The van der Waals surface area contributed by atoms with Crippen LogP contribution < -0.4 is 5.32 Å². The molecule has 20 heavy (non-hydrogen) atoms. The van der Waals surface area contributed by atoms with Gasteiger partial charge in [0, 0.05) is 16.3 Å². The Morgan fingerprint density at radius 1 is 1.35 bits per heavy atom. The summed E-state index contributed by atoms with van der Waals surface area (Å²) in [4.78, 5) is 16.5. The molecular weight excluding hydrogens is 272 g/mol. The van der Waals surface area contributed by atoms with Gasteiger partial charge in [-0.1, -0.05) is 18.2 Å². The number of carbonyl (C=O) groups excluding carboxylic acids is 1. The number of benzene rings is 1. The number of hydrogen-bond acceptors (Lipinski definition) is 4. The summed E-state index contributed by atoms with van der Waals surface area (Å²) in [6.07, 6.45) is 0. The van der Waals surface area contributed by atoms with Gasteiger partial charge in [0.1, 0.15) is 5.58 Å². The van der Waals surface area contributed by atoms with Crippen molar-refractivity contribution in [1.82, 2.24) is 10.3 Å². The molecule has 5 heteroatoms. The van der Waals surface area contributed by atoms with Crippen molar-refractivity contribution in [3.63, 3.8) is 0 Å². The predicted octanol–water partition coefficient (Wildman–Crippen LogP) is 3.44. The van der Waals surface area contributed by atoms with Crippen molar-refractivity contribution in [3.05, 3.63) is 51.7 Å². The maximum atomic E-state index is 12.2. The maximum absolute atomic E-state index is 12.2. The highest BCUT2D eigenvalue weighted by Gasteiger charge is 2.17. The van der Waals surface area contributed by atoms with Crippen LogP contribution in [-0.4, -0.2) is 10.9 Å². The number of aromatic nitrogens is 1. The van der Waals surface area contributed by atoms with Gasteiger partial charge in [-0.2, -0.15) is 0 Å². The minimum atomic E-state index is -0.204. The molecule has 0 aliphatic carbocycles. The average Bonchev–Trinajstić information content (AvgIpc) is 3.01. The van der Waals surface area contributed by atoms with Gasteiger partial charge < -0.3 is 9.73 Å². The number of rotatable bonds is 3. The highest BCUT2D eigenvalue weighted by atomic mass is 32.1. The van der Waals surface area contributed by atoms with Crippen LogP contribution in [-0.2, 0) is 6.54 Å². The molecule has 3 rings (SSSR count). The van der Waals surface area contributed by atoms with E-state index in [0.29, 0.717) is 12.3 Å². The molecular formula is C15H14N2O2S. The quantitative estimate of drug-likeness (QED) is 0.802. The fourth-order valence-corrected chi connectivity index (χ4v) is 2.74. The van der Waals surface area contributed by atoms with Gasteiger partial charge >= 0.3 is 0 Å². The van der Waals surface area contributed by atoms with Crippen molar-refractivity contribution in [2.24, 2.45) is 0 Å². The molecule has 0 fully saturated rings. The van der Waals surface area contributed by atoms with Crippen molar-refractivity contribution in [3.8, 4) is 0 Å². The summed E-state index contributed by atoms with van der Waals surface area (Å²) < 4.78 is 5.62. The zero-order valence-electron chi connectivity index (χ0n) is 11.3. The molecule has 0 aliphatic rings. The highest BCUT2D eigenvalue weighted by molar-refractivity contribution is 7.09. The first-order chi connectivity index (χ1) is 9.65. The van der Waals surface area contributed by atoms with Gasteiger partial charge in [-0.3, -0.25) is 4.79 Å². The number of para-hydroxylation sites is 1. The smallest absolute Gasteiger partial charge is 0.287 e. The number of nitrogens with zero attached hydrogens (tertiary/aromatic N) is 1. The molecule has 0 bridgehead atoms. The lowest BCUT2D eigenvalue weighted by atomic mass is 10.1. The number of carbonyl (C=O) groups is 1. The van der Waals surface area contributed by atoms with Gasteiger partial charge in [-0.25, -0.2) is 4.98 Å². The van der Waals surface area contributed by atoms with Crippen LogP contribution in [0.4, 0.5) is 0 Å². The van der Waals surface area contributed by atoms with Crippen LogP contribution in [0.3, 0.4) is 0 Å². The Hall–Kier alpha value is -2.14. The Bertz CT molecular complexity index is 773. The molecule has 1 N–H and O–H groups in total. The van der Waals surface area contributed by atoms with Gasteiger partial charge in [-0.05, 0) is 19.9 Å². The molecule has 0 spiro atoms. The van der Waals surface area contributed by atoms with E-state index in [4.69, 9.17) is 4.42 Å². The van der Waals surface area contributed by atoms with Crippen molar-refractivity contribution < 1.29 is 9.21 Å². The second-order valence-corrected chi connectivity index (χ2v) is 5.66. The van der Waals surface area contributed by atoms with E-state index in [1.165, 1.54) is 0 Å². The van der Waals surface area contributed by atoms with Crippen molar-refractivity contribution in [1.29, 1.82) is 0 Å². The number of furan rings is 1. The topological polar surface area (TPSA) is 55.1 Å². The molecule has 0 saturated carbocycles. The van der Waals surface area contributed by atoms with E-state index in [0.717, 1.165) is 27.2 Å². The van der Waals surface area contributed by atoms with E-state index in [9.17, 15) is 4.79 Å². The SMILES string of the molecule is Cc1nc(CNC(=O)c2oc3ccccc3c2C)cs1. The third kappa shape index (κ3) is 2.32. The minimum absolute atomic E-state index is 0.204. The third-order valence-electron chi connectivity index (χ3n) is 3.15. The van der Waals surface area contributed by atoms with Crippen LogP contribution in [0.25, 0.3) is 11.0 Å². The van der Waals surface area contributed by atoms with Gasteiger partial charge in [-0.15, -0.1) is 11.3 Å². The maximum Gasteiger partial charge on any atom is 0.287 e. The van der Waals surface area contributed by atoms with E-state index in [-0.39, 0.29) is 5.91 Å². The standard InChI is InChI=1S/C15H14N2O2S/c1-9-12-5-3-4-6-13(12)19-14(9)15(18)16-7-11-8-20-10(2)17-11/h3-6,8H,7H2,1-2H3,(H,16,18). The summed E-state index contributed by atoms with van der Waals surface area (Å²) >= 11 is 1.57. The highest BCUT2D eigenvalue weighted by Crippen LogP contribution is 2.24. The molecule has 0 saturated heterocycles. The lowest BCUT2D eigenvalue weighted by Gasteiger charge is -2.01. The number of hydrogen-bond donors (Lipinski definition) is 1. The normalized spacial score (nSPS) is 10.9. The fraction of sp³-hybridized carbons (Fsp3) is 0.200. The predicted molar refractivity (Wildman–Crippen MR) is 79.0 cm³/mol. The van der Waals surface area contributed by atoms with Gasteiger partial charge in [0.2, 0.25) is 0 Å². The van der Waals surface area contributed by atoms with Crippen LogP contribution in [0, 0.1) is 13.8 Å². The molecule has 0 atom stereocenters. The van der Waals surface area contributed by atoms with Crippen molar-refractivity contribution >= 4 is 28.2 Å². The van der Waals surface area contributed by atoms with E-state index >= 15 is 0 Å². The fourth-order valence-electron chi connectivity index (χ4n) is 2.13. The summed E-state index contributed by atoms with van der Waals surface area (Å²) in [5, 5.41) is 6.76. The summed E-state index contributed by atoms with van der Waals surface area (Å²) in [6, 6.07) is 7.65. The molecule has 0 radical (unpaired) electrons. The van der Waals surface area contributed by atoms with E-state index < -0.39 is 0 Å². The second-order valence-electron chi connectivity index (χ2n) is 4.59. The van der Waals surface area contributed by atoms with E-state index in [1.54, 1.807) is 11.3 Å². The molecule has 102 valence electrons. The zero-order valence-corrected chi connectivity index (χ0v) is 12.1. The molecule has 0 aliphatic heterocycles. The number of aryl methyl sites for hydroxylation is 2. The molecule has 0 unspecified atom stereocenters. The number of amides is 1. The Balaban J connectivity index is 1.80. The lowest BCUT2D eigenvalue weighted by molar-refractivity contribution is 0.0924. The van der Waals surface area contributed by atoms with Gasteiger partial charge in [0.15, 0.2) is 5.76 Å². The molecule has 2 heterocycles. The Kier molecular flexibility index (Phi) is 3.28. The zero-order chi connectivity index (χ0) is 14.1. The van der Waals surface area contributed by atoms with Crippen molar-refractivity contribution in [2.45, 2.75) is 20.4 Å². The monoisotopic (exact) mass is 286 g/mol. The first-order valence-electron chi connectivity index (χ1n) is 6.32. The van der Waals surface area contributed by atoms with E-state index in [2.05, 4.69) is 10.3 Å². The lowest BCUT2D eigenvalue weighted by Crippen LogP contribution is -2.23. The third-order valence-corrected chi connectivity index (χ3v) is 3.97. The summed E-state index contributed by atoms with van der Waals surface area (Å²) in [5.74, 6) is 0.169. The molecule has 1 aromatic carbocycles. The van der Waals surface area contributed by atoms with Crippen LogP contribution in [0.15, 0.2) is 34.1 Å². The number of nitrogens with one attached hydrogen (secondary N) is 1. The Morgan fingerprint density at radius 3 is 2.85 bits per heavy atom. The van der Waals surface area contributed by atoms with Gasteiger partial charge in [0.05, 0.1) is 17.2 Å². The molecule has 4 nitrogen and oxygen atoms in total. The molecule has 3 aromatic rings. The first-order valence-corrected chi connectivity index (χ1v) is 7.20. The van der Waals surface area contributed by atoms with E-state index in [1.807, 2.05) is 43.5 Å². The second kappa shape index (κ2) is 5.09. The summed E-state index contributed by atoms with van der Waals surface area (Å²) in [6.45, 7) is 4.26. The van der Waals surface area contributed by atoms with Crippen LogP contribution in [0.5, 0.6) is 0 Å². The summed E-state index contributed by atoms with van der Waals surface area (Å²) in [7, 11) is 0. The van der Waals surface area contributed by atoms with Crippen molar-refractivity contribution in [2.75, 3.05) is 0 Å². The Morgan fingerprint density at radius 2 is 2.15 bits per heavy atom. The van der Waals surface area contributed by atoms with Crippen LogP contribution in [0.2, 0.25) is 0 Å². The molecule has 2 aromatic heterocycles. The minimum Gasteiger partial charge on any atom is -0.451 e. The number of thiazole rings is 1. The largest absolute Gasteiger partial charge is 0.451 e. The van der Waals surface area contributed by atoms with Crippen LogP contribution in [0.1, 0.15) is 26.8 Å². The average molecular weight is 286 g/mol. The Labute approximate surface area is 120 Å². The summed E-state index contributed by atoms with van der Waals surface area (Å²) in [5.41, 5.74) is 2.47. The first kappa shape index (κ1) is 12.9. The van der Waals surface area contributed by atoms with Crippen LogP contribution >= 0.6 is 11.3 Å². The number of fused-ring (bicyclic) bond motifs is 1.